The number of hydrogen-bond acceptors (Lipinski definition) is 5. The molecule has 1 aliphatic rings. The Balaban J connectivity index is 1.80. The summed E-state index contributed by atoms with van der Waals surface area (Å²) in [7, 11) is 0. The number of benzene rings is 1. The Kier molecular flexibility index (Phi) is 3.17. The second kappa shape index (κ2) is 5.01. The van der Waals surface area contributed by atoms with Crippen LogP contribution in [0.5, 0.6) is 0 Å². The van der Waals surface area contributed by atoms with Gasteiger partial charge in [0.25, 0.3) is 11.6 Å². The molecule has 1 amide bonds. The SMILES string of the molecule is Cc1c(NC(=O)c2cc(C3CC3)on2)cccc1[N+](=O)[O-]. The molecule has 1 aliphatic carbocycles. The van der Waals surface area contributed by atoms with Gasteiger partial charge in [-0.25, -0.2) is 0 Å². The van der Waals surface area contributed by atoms with Crippen LogP contribution in [0.25, 0.3) is 0 Å². The van der Waals surface area contributed by atoms with Crippen LogP contribution in [0, 0.1) is 17.0 Å². The van der Waals surface area contributed by atoms with E-state index in [1.165, 1.54) is 12.1 Å². The van der Waals surface area contributed by atoms with Crippen molar-refractivity contribution in [2.75, 3.05) is 5.32 Å². The summed E-state index contributed by atoms with van der Waals surface area (Å²) in [6, 6.07) is 6.16. The zero-order chi connectivity index (χ0) is 15.0. The van der Waals surface area contributed by atoms with Crippen molar-refractivity contribution in [2.45, 2.75) is 25.7 Å². The fourth-order valence-electron chi connectivity index (χ4n) is 2.10. The van der Waals surface area contributed by atoms with Gasteiger partial charge in [0.2, 0.25) is 0 Å². The van der Waals surface area contributed by atoms with Crippen molar-refractivity contribution in [1.82, 2.24) is 5.16 Å². The number of amides is 1. The molecular formula is C14H13N3O4. The number of aromatic nitrogens is 1. The zero-order valence-electron chi connectivity index (χ0n) is 11.3. The summed E-state index contributed by atoms with van der Waals surface area (Å²) < 4.78 is 5.12. The largest absolute Gasteiger partial charge is 0.360 e. The van der Waals surface area contributed by atoms with Gasteiger partial charge in [-0.05, 0) is 25.8 Å². The van der Waals surface area contributed by atoms with Crippen molar-refractivity contribution in [2.24, 2.45) is 0 Å². The number of nitrogens with zero attached hydrogens (tertiary/aromatic N) is 2. The summed E-state index contributed by atoms with van der Waals surface area (Å²) >= 11 is 0. The molecule has 0 bridgehead atoms. The summed E-state index contributed by atoms with van der Waals surface area (Å²) in [5.41, 5.74) is 0.946. The molecule has 0 saturated heterocycles. The molecule has 1 N–H and O–H groups in total. The maximum atomic E-state index is 12.1. The molecule has 1 saturated carbocycles. The van der Waals surface area contributed by atoms with E-state index in [4.69, 9.17) is 4.52 Å². The first-order valence-electron chi connectivity index (χ1n) is 6.58. The minimum absolute atomic E-state index is 0.0355. The molecule has 1 aromatic heterocycles. The minimum atomic E-state index is -0.480. The summed E-state index contributed by atoms with van der Waals surface area (Å²) in [6.45, 7) is 1.59. The molecule has 7 heteroatoms. The second-order valence-corrected chi connectivity index (χ2v) is 5.05. The summed E-state index contributed by atoms with van der Waals surface area (Å²) in [5.74, 6) is 0.656. The number of hydrogen-bond donors (Lipinski definition) is 1. The van der Waals surface area contributed by atoms with Crippen LogP contribution in [-0.4, -0.2) is 16.0 Å². The number of nitro benzene ring substituents is 1. The molecule has 0 aliphatic heterocycles. The molecule has 1 aromatic carbocycles. The lowest BCUT2D eigenvalue weighted by atomic mass is 10.1. The predicted molar refractivity (Wildman–Crippen MR) is 74.3 cm³/mol. The van der Waals surface area contributed by atoms with E-state index in [0.29, 0.717) is 17.2 Å². The Bertz CT molecular complexity index is 719. The molecule has 1 heterocycles. The van der Waals surface area contributed by atoms with E-state index >= 15 is 0 Å². The van der Waals surface area contributed by atoms with Crippen LogP contribution < -0.4 is 5.32 Å². The van der Waals surface area contributed by atoms with E-state index in [1.807, 2.05) is 0 Å². The van der Waals surface area contributed by atoms with Crippen molar-refractivity contribution in [1.29, 1.82) is 0 Å². The van der Waals surface area contributed by atoms with Crippen LogP contribution in [0.2, 0.25) is 0 Å². The van der Waals surface area contributed by atoms with Gasteiger partial charge in [0, 0.05) is 18.1 Å². The van der Waals surface area contributed by atoms with Gasteiger partial charge in [0.1, 0.15) is 5.76 Å². The number of carbonyl (C=O) groups is 1. The van der Waals surface area contributed by atoms with Crippen molar-refractivity contribution < 1.29 is 14.2 Å². The summed E-state index contributed by atoms with van der Waals surface area (Å²) in [5, 5.41) is 17.2. The molecule has 0 spiro atoms. The van der Waals surface area contributed by atoms with Gasteiger partial charge in [-0.3, -0.25) is 14.9 Å². The van der Waals surface area contributed by atoms with Crippen LogP contribution >= 0.6 is 0 Å². The van der Waals surface area contributed by atoms with E-state index in [0.717, 1.165) is 18.6 Å². The Morgan fingerprint density at radius 3 is 2.90 bits per heavy atom. The van der Waals surface area contributed by atoms with Gasteiger partial charge >= 0.3 is 0 Å². The molecule has 0 unspecified atom stereocenters. The van der Waals surface area contributed by atoms with Gasteiger partial charge < -0.3 is 9.84 Å². The van der Waals surface area contributed by atoms with Crippen molar-refractivity contribution >= 4 is 17.3 Å². The van der Waals surface area contributed by atoms with E-state index in [2.05, 4.69) is 10.5 Å². The molecule has 21 heavy (non-hydrogen) atoms. The minimum Gasteiger partial charge on any atom is -0.360 e. The lowest BCUT2D eigenvalue weighted by Crippen LogP contribution is -2.13. The molecule has 0 radical (unpaired) electrons. The Morgan fingerprint density at radius 1 is 1.48 bits per heavy atom. The Labute approximate surface area is 120 Å². The van der Waals surface area contributed by atoms with Crippen molar-refractivity contribution in [3.63, 3.8) is 0 Å². The maximum Gasteiger partial charge on any atom is 0.277 e. The standard InChI is InChI=1S/C14H13N3O4/c1-8-10(3-2-4-12(8)17(19)20)15-14(18)11-7-13(21-16-11)9-5-6-9/h2-4,7,9H,5-6H2,1H3,(H,15,18). The van der Waals surface area contributed by atoms with Gasteiger partial charge in [-0.15, -0.1) is 0 Å². The third-order valence-electron chi connectivity index (χ3n) is 3.49. The molecule has 0 atom stereocenters. The number of nitro groups is 1. The van der Waals surface area contributed by atoms with Crippen LogP contribution in [0.15, 0.2) is 28.8 Å². The highest BCUT2D eigenvalue weighted by Gasteiger charge is 2.29. The Morgan fingerprint density at radius 2 is 2.24 bits per heavy atom. The predicted octanol–water partition coefficient (Wildman–Crippen LogP) is 3.02. The number of nitrogens with one attached hydrogen (secondary N) is 1. The van der Waals surface area contributed by atoms with Gasteiger partial charge in [0.15, 0.2) is 5.69 Å². The van der Waals surface area contributed by atoms with Gasteiger partial charge in [0.05, 0.1) is 16.2 Å². The van der Waals surface area contributed by atoms with Crippen molar-refractivity contribution in [3.05, 3.63) is 51.4 Å². The monoisotopic (exact) mass is 287 g/mol. The van der Waals surface area contributed by atoms with Crippen molar-refractivity contribution in [3.8, 4) is 0 Å². The first-order chi connectivity index (χ1) is 10.1. The highest BCUT2D eigenvalue weighted by atomic mass is 16.6. The van der Waals surface area contributed by atoms with E-state index in [9.17, 15) is 14.9 Å². The summed E-state index contributed by atoms with van der Waals surface area (Å²) in [4.78, 5) is 22.5. The van der Waals surface area contributed by atoms with Gasteiger partial charge in [-0.2, -0.15) is 0 Å². The molecule has 108 valence electrons. The molecule has 1 fully saturated rings. The van der Waals surface area contributed by atoms with E-state index in [1.54, 1.807) is 19.1 Å². The van der Waals surface area contributed by atoms with Crippen LogP contribution in [0.4, 0.5) is 11.4 Å². The molecular weight excluding hydrogens is 274 g/mol. The zero-order valence-corrected chi connectivity index (χ0v) is 11.3. The van der Waals surface area contributed by atoms with E-state index < -0.39 is 10.8 Å². The van der Waals surface area contributed by atoms with Gasteiger partial charge in [-0.1, -0.05) is 11.2 Å². The van der Waals surface area contributed by atoms with Crippen LogP contribution in [-0.2, 0) is 0 Å². The first kappa shape index (κ1) is 13.3. The topological polar surface area (TPSA) is 98.3 Å². The highest BCUT2D eigenvalue weighted by molar-refractivity contribution is 6.03. The third-order valence-corrected chi connectivity index (χ3v) is 3.49. The highest BCUT2D eigenvalue weighted by Crippen LogP contribution is 2.40. The van der Waals surface area contributed by atoms with Crippen LogP contribution in [0.1, 0.15) is 40.6 Å². The average Bonchev–Trinajstić information content (AvgIpc) is 3.18. The maximum absolute atomic E-state index is 12.1. The third kappa shape index (κ3) is 2.62. The number of anilines is 1. The quantitative estimate of drug-likeness (QED) is 0.688. The molecule has 3 rings (SSSR count). The fraction of sp³-hybridized carbons (Fsp3) is 0.286. The second-order valence-electron chi connectivity index (χ2n) is 5.05. The fourth-order valence-corrected chi connectivity index (χ4v) is 2.10. The normalized spacial score (nSPS) is 14.0. The lowest BCUT2D eigenvalue weighted by molar-refractivity contribution is -0.385. The smallest absolute Gasteiger partial charge is 0.277 e. The van der Waals surface area contributed by atoms with E-state index in [-0.39, 0.29) is 11.4 Å². The first-order valence-corrected chi connectivity index (χ1v) is 6.58. The number of carbonyl (C=O) groups excluding carboxylic acids is 1. The average molecular weight is 287 g/mol. The molecule has 2 aromatic rings. The molecule has 7 nitrogen and oxygen atoms in total. The number of rotatable bonds is 4. The lowest BCUT2D eigenvalue weighted by Gasteiger charge is -2.06. The Hall–Kier alpha value is -2.70. The summed E-state index contributed by atoms with van der Waals surface area (Å²) in [6.07, 6.45) is 2.11. The van der Waals surface area contributed by atoms with Crippen LogP contribution in [0.3, 0.4) is 0 Å².